The number of aliphatic hydroxyl groups excluding tert-OH is 1. The molecule has 0 radical (unpaired) electrons. The van der Waals surface area contributed by atoms with Crippen LogP contribution in [0.4, 0.5) is 0 Å². The fourth-order valence-corrected chi connectivity index (χ4v) is 2.15. The van der Waals surface area contributed by atoms with Crippen LogP contribution in [0.5, 0.6) is 0 Å². The zero-order chi connectivity index (χ0) is 11.4. The highest BCUT2D eigenvalue weighted by Crippen LogP contribution is 2.26. The molecule has 0 aliphatic carbocycles. The van der Waals surface area contributed by atoms with E-state index in [1.165, 1.54) is 0 Å². The predicted molar refractivity (Wildman–Crippen MR) is 55.5 cm³/mol. The second-order valence-corrected chi connectivity index (χ2v) is 4.58. The van der Waals surface area contributed by atoms with Crippen LogP contribution in [0.3, 0.4) is 0 Å². The Bertz CT molecular complexity index is 209. The van der Waals surface area contributed by atoms with Crippen LogP contribution in [-0.2, 0) is 9.53 Å². The van der Waals surface area contributed by atoms with Gasteiger partial charge in [0.15, 0.2) is 0 Å². The van der Waals surface area contributed by atoms with E-state index in [0.717, 1.165) is 19.4 Å². The first kappa shape index (κ1) is 12.5. The highest BCUT2D eigenvalue weighted by molar-refractivity contribution is 5.71. The van der Waals surface area contributed by atoms with E-state index < -0.39 is 18.0 Å². The molecule has 0 aromatic carbocycles. The van der Waals surface area contributed by atoms with Gasteiger partial charge < -0.3 is 14.9 Å². The van der Waals surface area contributed by atoms with Crippen molar-refractivity contribution >= 4 is 5.97 Å². The van der Waals surface area contributed by atoms with Crippen LogP contribution >= 0.6 is 0 Å². The minimum atomic E-state index is -0.914. The van der Waals surface area contributed by atoms with Gasteiger partial charge in [-0.25, -0.2) is 0 Å². The molecule has 3 atom stereocenters. The molecule has 0 spiro atoms. The molecule has 1 saturated heterocycles. The standard InChI is InChI=1S/C11H20O4/c1-7(2)9(11(13)14)10(12)8-4-3-5-15-6-8/h7-10,12H,3-6H2,1-2H3,(H,13,14). The van der Waals surface area contributed by atoms with Crippen molar-refractivity contribution in [2.45, 2.75) is 32.8 Å². The number of ether oxygens (including phenoxy) is 1. The van der Waals surface area contributed by atoms with E-state index >= 15 is 0 Å². The number of hydrogen-bond donors (Lipinski definition) is 2. The number of carboxylic acid groups (broad SMARTS) is 1. The van der Waals surface area contributed by atoms with E-state index in [1.54, 1.807) is 0 Å². The fourth-order valence-electron chi connectivity index (χ4n) is 2.15. The van der Waals surface area contributed by atoms with Gasteiger partial charge in [0, 0.05) is 12.5 Å². The molecule has 4 nitrogen and oxygen atoms in total. The average molecular weight is 216 g/mol. The highest BCUT2D eigenvalue weighted by atomic mass is 16.5. The van der Waals surface area contributed by atoms with E-state index in [-0.39, 0.29) is 11.8 Å². The maximum atomic E-state index is 11.0. The SMILES string of the molecule is CC(C)C(C(=O)O)C(O)C1CCCOC1. The van der Waals surface area contributed by atoms with Crippen LogP contribution in [0.25, 0.3) is 0 Å². The zero-order valence-electron chi connectivity index (χ0n) is 9.35. The Labute approximate surface area is 90.2 Å². The van der Waals surface area contributed by atoms with E-state index in [1.807, 2.05) is 13.8 Å². The Morgan fingerprint density at radius 1 is 1.47 bits per heavy atom. The molecule has 1 aliphatic heterocycles. The van der Waals surface area contributed by atoms with Crippen LogP contribution in [0.15, 0.2) is 0 Å². The summed E-state index contributed by atoms with van der Waals surface area (Å²) in [5.74, 6) is -1.68. The van der Waals surface area contributed by atoms with Crippen molar-refractivity contribution in [2.75, 3.05) is 13.2 Å². The molecule has 0 bridgehead atoms. The lowest BCUT2D eigenvalue weighted by atomic mass is 9.81. The lowest BCUT2D eigenvalue weighted by Crippen LogP contribution is -2.40. The average Bonchev–Trinajstić information content (AvgIpc) is 2.18. The van der Waals surface area contributed by atoms with Crippen LogP contribution in [0.1, 0.15) is 26.7 Å². The normalized spacial score (nSPS) is 26.3. The summed E-state index contributed by atoms with van der Waals surface area (Å²) < 4.78 is 5.26. The highest BCUT2D eigenvalue weighted by Gasteiger charge is 2.35. The van der Waals surface area contributed by atoms with Crippen molar-refractivity contribution < 1.29 is 19.7 Å². The van der Waals surface area contributed by atoms with Gasteiger partial charge in [-0.05, 0) is 18.8 Å². The van der Waals surface area contributed by atoms with Gasteiger partial charge in [-0.2, -0.15) is 0 Å². The third-order valence-electron chi connectivity index (χ3n) is 3.05. The zero-order valence-corrected chi connectivity index (χ0v) is 9.35. The Kier molecular flexibility index (Phi) is 4.54. The monoisotopic (exact) mass is 216 g/mol. The van der Waals surface area contributed by atoms with E-state index in [4.69, 9.17) is 9.84 Å². The molecule has 4 heteroatoms. The van der Waals surface area contributed by atoms with Gasteiger partial charge in [-0.1, -0.05) is 13.8 Å². The number of carboxylic acids is 1. The molecule has 1 fully saturated rings. The second-order valence-electron chi connectivity index (χ2n) is 4.58. The number of aliphatic carboxylic acids is 1. The van der Waals surface area contributed by atoms with Crippen LogP contribution in [0.2, 0.25) is 0 Å². The number of carbonyl (C=O) groups is 1. The molecule has 3 unspecified atom stereocenters. The molecule has 1 rings (SSSR count). The fraction of sp³-hybridized carbons (Fsp3) is 0.909. The molecule has 0 amide bonds. The van der Waals surface area contributed by atoms with Crippen molar-refractivity contribution in [3.05, 3.63) is 0 Å². The molecule has 2 N–H and O–H groups in total. The van der Waals surface area contributed by atoms with E-state index in [2.05, 4.69) is 0 Å². The van der Waals surface area contributed by atoms with E-state index in [0.29, 0.717) is 6.61 Å². The summed E-state index contributed by atoms with van der Waals surface area (Å²) in [4.78, 5) is 11.0. The Morgan fingerprint density at radius 2 is 2.13 bits per heavy atom. The van der Waals surface area contributed by atoms with E-state index in [9.17, 15) is 9.90 Å². The summed E-state index contributed by atoms with van der Waals surface area (Å²) >= 11 is 0. The summed E-state index contributed by atoms with van der Waals surface area (Å²) in [7, 11) is 0. The van der Waals surface area contributed by atoms with Crippen LogP contribution in [0, 0.1) is 17.8 Å². The summed E-state index contributed by atoms with van der Waals surface area (Å²) in [5.41, 5.74) is 0. The molecule has 0 aromatic heterocycles. The van der Waals surface area contributed by atoms with Gasteiger partial charge in [0.1, 0.15) is 0 Å². The Balaban J connectivity index is 2.61. The molecule has 88 valence electrons. The third-order valence-corrected chi connectivity index (χ3v) is 3.05. The van der Waals surface area contributed by atoms with Crippen LogP contribution < -0.4 is 0 Å². The maximum Gasteiger partial charge on any atom is 0.309 e. The topological polar surface area (TPSA) is 66.8 Å². The molecule has 0 aromatic rings. The van der Waals surface area contributed by atoms with Gasteiger partial charge >= 0.3 is 5.97 Å². The minimum Gasteiger partial charge on any atom is -0.481 e. The van der Waals surface area contributed by atoms with Gasteiger partial charge in [-0.3, -0.25) is 4.79 Å². The lowest BCUT2D eigenvalue weighted by Gasteiger charge is -2.31. The summed E-state index contributed by atoms with van der Waals surface area (Å²) in [6.07, 6.45) is 0.979. The summed E-state index contributed by atoms with van der Waals surface area (Å²) in [6.45, 7) is 4.86. The van der Waals surface area contributed by atoms with Crippen molar-refractivity contribution in [2.24, 2.45) is 17.8 Å². The Hall–Kier alpha value is -0.610. The smallest absolute Gasteiger partial charge is 0.309 e. The van der Waals surface area contributed by atoms with Crippen molar-refractivity contribution in [3.8, 4) is 0 Å². The van der Waals surface area contributed by atoms with Gasteiger partial charge in [0.05, 0.1) is 18.6 Å². The first-order chi connectivity index (χ1) is 7.04. The largest absolute Gasteiger partial charge is 0.481 e. The van der Waals surface area contributed by atoms with Gasteiger partial charge in [0.2, 0.25) is 0 Å². The molecule has 0 saturated carbocycles. The van der Waals surface area contributed by atoms with Crippen molar-refractivity contribution in [3.63, 3.8) is 0 Å². The molecular weight excluding hydrogens is 196 g/mol. The number of rotatable bonds is 4. The second kappa shape index (κ2) is 5.47. The van der Waals surface area contributed by atoms with Crippen LogP contribution in [-0.4, -0.2) is 35.5 Å². The van der Waals surface area contributed by atoms with Gasteiger partial charge in [0.25, 0.3) is 0 Å². The Morgan fingerprint density at radius 3 is 2.53 bits per heavy atom. The minimum absolute atomic E-state index is 0.0257. The predicted octanol–water partition coefficient (Wildman–Crippen LogP) is 1.13. The number of aliphatic hydroxyl groups is 1. The first-order valence-corrected chi connectivity index (χ1v) is 5.52. The molecule has 15 heavy (non-hydrogen) atoms. The number of hydrogen-bond acceptors (Lipinski definition) is 3. The molecular formula is C11H20O4. The third kappa shape index (κ3) is 3.18. The van der Waals surface area contributed by atoms with Gasteiger partial charge in [-0.15, -0.1) is 0 Å². The first-order valence-electron chi connectivity index (χ1n) is 5.52. The van der Waals surface area contributed by atoms with Crippen molar-refractivity contribution in [1.82, 2.24) is 0 Å². The molecule has 1 heterocycles. The lowest BCUT2D eigenvalue weighted by molar-refractivity contribution is -0.151. The maximum absolute atomic E-state index is 11.0. The molecule has 1 aliphatic rings. The quantitative estimate of drug-likeness (QED) is 0.739. The van der Waals surface area contributed by atoms with Crippen molar-refractivity contribution in [1.29, 1.82) is 0 Å². The summed E-state index contributed by atoms with van der Waals surface area (Å²) in [5, 5.41) is 19.1. The summed E-state index contributed by atoms with van der Waals surface area (Å²) in [6, 6.07) is 0.